The van der Waals surface area contributed by atoms with Crippen LogP contribution in [0.5, 0.6) is 5.75 Å². The van der Waals surface area contributed by atoms with E-state index in [1.165, 1.54) is 17.8 Å². The van der Waals surface area contributed by atoms with Gasteiger partial charge in [0.15, 0.2) is 0 Å². The molecule has 3 heterocycles. The van der Waals surface area contributed by atoms with Gasteiger partial charge in [-0.2, -0.15) is 10.1 Å². The fraction of sp³-hybridized carbons (Fsp3) is 0.296. The summed E-state index contributed by atoms with van der Waals surface area (Å²) >= 11 is 3.49. The largest absolute Gasteiger partial charge is 0.492 e. The van der Waals surface area contributed by atoms with E-state index < -0.39 is 13.0 Å². The minimum absolute atomic E-state index is 0.329. The quantitative estimate of drug-likeness (QED) is 0.249. The van der Waals surface area contributed by atoms with E-state index in [9.17, 15) is 8.96 Å². The van der Waals surface area contributed by atoms with Crippen LogP contribution in [0.15, 0.2) is 47.2 Å². The summed E-state index contributed by atoms with van der Waals surface area (Å²) in [4.78, 5) is 11.3. The Hall–Kier alpha value is -3.43. The fourth-order valence-electron chi connectivity index (χ4n) is 4.67. The highest BCUT2D eigenvalue weighted by Gasteiger charge is 2.24. The summed E-state index contributed by atoms with van der Waals surface area (Å²) in [6.07, 6.45) is 4.40. The van der Waals surface area contributed by atoms with Crippen LogP contribution >= 0.6 is 23.1 Å². The molecule has 0 atom stereocenters. The normalized spacial score (nSPS) is 12.9. The van der Waals surface area contributed by atoms with Gasteiger partial charge in [0, 0.05) is 67.1 Å². The highest BCUT2D eigenvalue weighted by Crippen LogP contribution is 2.43. The van der Waals surface area contributed by atoms with Gasteiger partial charge in [0.1, 0.15) is 24.5 Å². The predicted molar refractivity (Wildman–Crippen MR) is 159 cm³/mol. The zero-order valence-electron chi connectivity index (χ0n) is 22.4. The molecule has 5 rings (SSSR count). The van der Waals surface area contributed by atoms with E-state index >= 15 is 0 Å². The summed E-state index contributed by atoms with van der Waals surface area (Å²) in [6.45, 7) is 6.50. The number of benzene rings is 2. The molecular weight excluding hydrogens is 584 g/mol. The molecule has 0 fully saturated rings. The maximum atomic E-state index is 14.0. The van der Waals surface area contributed by atoms with Gasteiger partial charge in [0.25, 0.3) is 0 Å². The van der Waals surface area contributed by atoms with Crippen LogP contribution in [0.3, 0.4) is 0 Å². The number of nitrogens with one attached hydrogen (secondary N) is 2. The summed E-state index contributed by atoms with van der Waals surface area (Å²) in [7, 11) is 1.27. The lowest BCUT2D eigenvalue weighted by Crippen LogP contribution is -2.20. The van der Waals surface area contributed by atoms with Gasteiger partial charge in [0.05, 0.1) is 28.7 Å². The second-order valence-corrected chi connectivity index (χ2v) is 13.8. The van der Waals surface area contributed by atoms with Gasteiger partial charge < -0.3 is 24.8 Å². The Kier molecular flexibility index (Phi) is 7.39. The van der Waals surface area contributed by atoms with Crippen molar-refractivity contribution < 1.29 is 13.7 Å². The van der Waals surface area contributed by atoms with Crippen LogP contribution in [0.1, 0.15) is 12.6 Å². The average Bonchev–Trinajstić information content (AvgIpc) is 3.19. The monoisotopic (exact) mass is 613 g/mol. The molecule has 2 aromatic carbocycles. The van der Waals surface area contributed by atoms with Gasteiger partial charge in [-0.3, -0.25) is 4.68 Å². The SMILES string of the molecule is CCOc1cc2c(cc1Nc1ncc(Br)c(Nc3ccc(F)cc3P(C)(C)=O)n1)-c1cnn(C)c1CCN2C. The molecule has 0 aliphatic carbocycles. The third-order valence-electron chi connectivity index (χ3n) is 6.63. The van der Waals surface area contributed by atoms with Crippen molar-refractivity contribution in [2.75, 3.05) is 49.1 Å². The zero-order chi connectivity index (χ0) is 27.9. The Morgan fingerprint density at radius 3 is 2.64 bits per heavy atom. The highest BCUT2D eigenvalue weighted by atomic mass is 79.9. The van der Waals surface area contributed by atoms with Crippen molar-refractivity contribution in [3.63, 3.8) is 0 Å². The maximum absolute atomic E-state index is 14.0. The summed E-state index contributed by atoms with van der Waals surface area (Å²) in [5.74, 6) is 0.999. The topological polar surface area (TPSA) is 97.2 Å². The van der Waals surface area contributed by atoms with E-state index in [1.807, 2.05) is 37.0 Å². The van der Waals surface area contributed by atoms with Crippen molar-refractivity contribution in [1.82, 2.24) is 19.7 Å². The minimum atomic E-state index is -2.76. The Labute approximate surface area is 235 Å². The number of ether oxygens (including phenoxy) is 1. The number of aryl methyl sites for hydroxylation is 1. The Bertz CT molecular complexity index is 1600. The molecular formula is C27H30BrFN7O2P. The van der Waals surface area contributed by atoms with Gasteiger partial charge in [0.2, 0.25) is 5.95 Å². The molecule has 0 spiro atoms. The van der Waals surface area contributed by atoms with Crippen LogP contribution in [-0.2, 0) is 18.0 Å². The van der Waals surface area contributed by atoms with Crippen LogP contribution in [0.25, 0.3) is 11.1 Å². The third kappa shape index (κ3) is 5.51. The molecule has 0 bridgehead atoms. The van der Waals surface area contributed by atoms with E-state index in [0.29, 0.717) is 45.3 Å². The lowest BCUT2D eigenvalue weighted by atomic mass is 10.0. The van der Waals surface area contributed by atoms with E-state index in [-0.39, 0.29) is 0 Å². The number of anilines is 5. The first-order valence-corrected chi connectivity index (χ1v) is 15.9. The first-order valence-electron chi connectivity index (χ1n) is 12.5. The number of likely N-dealkylation sites (N-methyl/N-ethyl adjacent to an activating group) is 1. The van der Waals surface area contributed by atoms with Crippen LogP contribution in [0, 0.1) is 5.82 Å². The molecule has 1 aliphatic rings. The van der Waals surface area contributed by atoms with Gasteiger partial charge in [-0.1, -0.05) is 0 Å². The maximum Gasteiger partial charge on any atom is 0.229 e. The van der Waals surface area contributed by atoms with Gasteiger partial charge in [-0.25, -0.2) is 9.37 Å². The molecule has 1 aliphatic heterocycles. The van der Waals surface area contributed by atoms with Crippen molar-refractivity contribution >= 4 is 57.2 Å². The molecule has 204 valence electrons. The second-order valence-electron chi connectivity index (χ2n) is 9.75. The standard InChI is InChI=1S/C27H30BrFN7O2P/c1-6-38-24-13-23-17(18-14-31-36(3)22(18)9-10-35(23)2)12-21(24)33-27-30-15-19(28)26(34-27)32-20-8-7-16(29)11-25(20)39(4,5)37/h7-8,11-15H,6,9-10H2,1-5H3,(H2,30,32,33,34). The molecule has 39 heavy (non-hydrogen) atoms. The Morgan fingerprint density at radius 2 is 1.90 bits per heavy atom. The van der Waals surface area contributed by atoms with Crippen molar-refractivity contribution in [3.05, 3.63) is 58.7 Å². The smallest absolute Gasteiger partial charge is 0.229 e. The average molecular weight is 614 g/mol. The van der Waals surface area contributed by atoms with Crippen LogP contribution in [-0.4, -0.2) is 53.3 Å². The summed E-state index contributed by atoms with van der Waals surface area (Å²) in [6, 6.07) is 8.26. The number of hydrogen-bond acceptors (Lipinski definition) is 8. The molecule has 0 saturated carbocycles. The number of rotatable bonds is 7. The molecule has 2 N–H and O–H groups in total. The first-order chi connectivity index (χ1) is 18.5. The van der Waals surface area contributed by atoms with Crippen molar-refractivity contribution in [3.8, 4) is 16.9 Å². The number of halogens is 2. The van der Waals surface area contributed by atoms with Crippen molar-refractivity contribution in [2.24, 2.45) is 7.05 Å². The summed E-state index contributed by atoms with van der Waals surface area (Å²) in [5.41, 5.74) is 5.57. The van der Waals surface area contributed by atoms with E-state index in [2.05, 4.69) is 53.6 Å². The molecule has 12 heteroatoms. The lowest BCUT2D eigenvalue weighted by Gasteiger charge is -2.22. The number of nitrogens with zero attached hydrogens (tertiary/aromatic N) is 5. The number of hydrogen-bond donors (Lipinski definition) is 2. The van der Waals surface area contributed by atoms with E-state index in [4.69, 9.17) is 4.74 Å². The Balaban J connectivity index is 1.54. The fourth-order valence-corrected chi connectivity index (χ4v) is 6.11. The Morgan fingerprint density at radius 1 is 1.10 bits per heavy atom. The molecule has 0 amide bonds. The molecule has 0 radical (unpaired) electrons. The molecule has 4 aromatic rings. The summed E-state index contributed by atoms with van der Waals surface area (Å²) < 4.78 is 35.3. The van der Waals surface area contributed by atoms with Crippen LogP contribution < -0.4 is 25.6 Å². The predicted octanol–water partition coefficient (Wildman–Crippen LogP) is 5.90. The molecule has 0 unspecified atom stereocenters. The first kappa shape index (κ1) is 27.1. The highest BCUT2D eigenvalue weighted by molar-refractivity contribution is 9.10. The number of fused-ring (bicyclic) bond motifs is 3. The molecule has 2 aromatic heterocycles. The van der Waals surface area contributed by atoms with Crippen molar-refractivity contribution in [1.29, 1.82) is 0 Å². The zero-order valence-corrected chi connectivity index (χ0v) is 24.9. The van der Waals surface area contributed by atoms with Crippen LogP contribution in [0.4, 0.5) is 33.2 Å². The summed E-state index contributed by atoms with van der Waals surface area (Å²) in [5, 5.41) is 11.4. The van der Waals surface area contributed by atoms with Crippen molar-refractivity contribution in [2.45, 2.75) is 13.3 Å². The van der Waals surface area contributed by atoms with E-state index in [1.54, 1.807) is 25.6 Å². The minimum Gasteiger partial charge on any atom is -0.492 e. The van der Waals surface area contributed by atoms with Gasteiger partial charge >= 0.3 is 0 Å². The second kappa shape index (κ2) is 10.6. The van der Waals surface area contributed by atoms with E-state index in [0.717, 1.165) is 29.8 Å². The van der Waals surface area contributed by atoms with Crippen LogP contribution in [0.2, 0.25) is 0 Å². The van der Waals surface area contributed by atoms with Gasteiger partial charge in [-0.05, 0) is 60.4 Å². The molecule has 0 saturated heterocycles. The number of aromatic nitrogens is 4. The van der Waals surface area contributed by atoms with Gasteiger partial charge in [-0.15, -0.1) is 0 Å². The molecule has 9 nitrogen and oxygen atoms in total. The third-order valence-corrected chi connectivity index (χ3v) is 8.74. The lowest BCUT2D eigenvalue weighted by molar-refractivity contribution is 0.342.